The minimum atomic E-state index is -0.994. The molecule has 1 unspecified atom stereocenters. The Bertz CT molecular complexity index is 944. The van der Waals surface area contributed by atoms with E-state index in [1.807, 2.05) is 13.0 Å². The van der Waals surface area contributed by atoms with E-state index in [1.54, 1.807) is 43.3 Å². The van der Waals surface area contributed by atoms with Gasteiger partial charge in [0.2, 0.25) is 0 Å². The van der Waals surface area contributed by atoms with Crippen molar-refractivity contribution in [1.29, 1.82) is 5.26 Å². The molecule has 1 atom stereocenters. The Morgan fingerprint density at radius 3 is 2.52 bits per heavy atom. The fraction of sp³-hybridized carbons (Fsp3) is 0.318. The lowest BCUT2D eigenvalue weighted by Gasteiger charge is -2.15. The molecule has 2 rings (SSSR count). The summed E-state index contributed by atoms with van der Waals surface area (Å²) >= 11 is 0. The Morgan fingerprint density at radius 1 is 1.17 bits per heavy atom. The topological polar surface area (TPSA) is 110 Å². The number of esters is 1. The normalized spacial score (nSPS) is 11.3. The van der Waals surface area contributed by atoms with Gasteiger partial charge in [0.05, 0.1) is 28.7 Å². The van der Waals surface area contributed by atoms with Gasteiger partial charge in [0.25, 0.3) is 5.69 Å². The molecule has 0 N–H and O–H groups in total. The lowest BCUT2D eigenvalue weighted by Crippen LogP contribution is -2.28. The first-order chi connectivity index (χ1) is 13.9. The highest BCUT2D eigenvalue weighted by atomic mass is 16.6. The number of Topliss-reactive ketones (excluding diaryl/α,β-unsaturated/α-hetero) is 1. The van der Waals surface area contributed by atoms with Crippen LogP contribution in [0.3, 0.4) is 0 Å². The van der Waals surface area contributed by atoms with E-state index in [0.717, 1.165) is 0 Å². The first-order valence-corrected chi connectivity index (χ1v) is 9.39. The van der Waals surface area contributed by atoms with Gasteiger partial charge in [0.1, 0.15) is 11.7 Å². The van der Waals surface area contributed by atoms with Crippen molar-refractivity contribution in [3.63, 3.8) is 0 Å². The second-order valence-corrected chi connectivity index (χ2v) is 6.49. The van der Waals surface area contributed by atoms with Gasteiger partial charge < -0.3 is 4.74 Å². The molecule has 7 nitrogen and oxygen atoms in total. The summed E-state index contributed by atoms with van der Waals surface area (Å²) in [5, 5.41) is 21.0. The van der Waals surface area contributed by atoms with Gasteiger partial charge in [0.15, 0.2) is 0 Å². The number of ketones is 1. The predicted octanol–water partition coefficient (Wildman–Crippen LogP) is 4.22. The Balaban J connectivity index is 2.45. The van der Waals surface area contributed by atoms with Crippen molar-refractivity contribution in [2.24, 2.45) is 5.92 Å². The van der Waals surface area contributed by atoms with E-state index in [4.69, 9.17) is 4.74 Å². The van der Waals surface area contributed by atoms with E-state index in [0.29, 0.717) is 28.7 Å². The number of nitro groups is 1. The van der Waals surface area contributed by atoms with Gasteiger partial charge in [-0.1, -0.05) is 31.2 Å². The van der Waals surface area contributed by atoms with Crippen molar-refractivity contribution in [3.8, 4) is 17.2 Å². The minimum absolute atomic E-state index is 0.0265. The van der Waals surface area contributed by atoms with Crippen LogP contribution in [-0.2, 0) is 20.7 Å². The largest absolute Gasteiger partial charge is 0.465 e. The standard InChI is InChI=1S/C22H22N2O5/c1-3-7-21(25)19(22(26)29-4-2)12-15-10-11-18(20(13-15)24(27)28)17-9-6-5-8-16(17)14-23/h5-6,8-11,13,19H,3-4,7,12H2,1-2H3. The lowest BCUT2D eigenvalue weighted by molar-refractivity contribution is -0.384. The summed E-state index contributed by atoms with van der Waals surface area (Å²) in [5.41, 5.74) is 1.39. The number of nitrogens with zero attached hydrogens (tertiary/aromatic N) is 2. The van der Waals surface area contributed by atoms with E-state index in [1.165, 1.54) is 6.07 Å². The molecule has 2 aromatic carbocycles. The molecule has 0 fully saturated rings. The third-order valence-electron chi connectivity index (χ3n) is 4.49. The number of hydrogen-bond donors (Lipinski definition) is 0. The number of carbonyl (C=O) groups excluding carboxylic acids is 2. The van der Waals surface area contributed by atoms with Crippen LogP contribution < -0.4 is 0 Å². The summed E-state index contributed by atoms with van der Waals surface area (Å²) in [6.07, 6.45) is 0.858. The molecular weight excluding hydrogens is 372 g/mol. The minimum Gasteiger partial charge on any atom is -0.465 e. The highest BCUT2D eigenvalue weighted by Crippen LogP contribution is 2.33. The molecule has 150 valence electrons. The van der Waals surface area contributed by atoms with Crippen molar-refractivity contribution in [3.05, 3.63) is 63.7 Å². The monoisotopic (exact) mass is 394 g/mol. The zero-order valence-corrected chi connectivity index (χ0v) is 16.4. The third-order valence-corrected chi connectivity index (χ3v) is 4.49. The summed E-state index contributed by atoms with van der Waals surface area (Å²) in [4.78, 5) is 35.8. The predicted molar refractivity (Wildman–Crippen MR) is 107 cm³/mol. The molecule has 0 bridgehead atoms. The Labute approximate surface area is 169 Å². The van der Waals surface area contributed by atoms with Gasteiger partial charge in [0, 0.05) is 18.1 Å². The molecule has 29 heavy (non-hydrogen) atoms. The second kappa shape index (κ2) is 10.1. The third kappa shape index (κ3) is 5.26. The highest BCUT2D eigenvalue weighted by Gasteiger charge is 2.28. The molecule has 0 aromatic heterocycles. The van der Waals surface area contributed by atoms with Crippen molar-refractivity contribution in [1.82, 2.24) is 0 Å². The van der Waals surface area contributed by atoms with Gasteiger partial charge >= 0.3 is 5.97 Å². The maximum atomic E-state index is 12.4. The number of nitro benzene ring substituents is 1. The van der Waals surface area contributed by atoms with E-state index in [-0.39, 0.29) is 30.9 Å². The van der Waals surface area contributed by atoms with Crippen molar-refractivity contribution < 1.29 is 19.2 Å². The summed E-state index contributed by atoms with van der Waals surface area (Å²) in [6, 6.07) is 13.2. The SMILES string of the molecule is CCCC(=O)C(Cc1ccc(-c2ccccc2C#N)c([N+](=O)[O-])c1)C(=O)OCC. The second-order valence-electron chi connectivity index (χ2n) is 6.49. The number of benzene rings is 2. The van der Waals surface area contributed by atoms with Crippen molar-refractivity contribution in [2.45, 2.75) is 33.1 Å². The zero-order valence-electron chi connectivity index (χ0n) is 16.4. The summed E-state index contributed by atoms with van der Waals surface area (Å²) < 4.78 is 5.02. The average molecular weight is 394 g/mol. The maximum Gasteiger partial charge on any atom is 0.316 e. The van der Waals surface area contributed by atoms with Crippen molar-refractivity contribution >= 4 is 17.4 Å². The van der Waals surface area contributed by atoms with Gasteiger partial charge in [-0.25, -0.2) is 0 Å². The average Bonchev–Trinajstić information content (AvgIpc) is 2.72. The summed E-state index contributed by atoms with van der Waals surface area (Å²) in [5.74, 6) is -1.85. The highest BCUT2D eigenvalue weighted by molar-refractivity contribution is 5.99. The Hall–Kier alpha value is -3.53. The van der Waals surface area contributed by atoms with Gasteiger partial charge in [-0.05, 0) is 37.5 Å². The van der Waals surface area contributed by atoms with E-state index in [9.17, 15) is 25.0 Å². The molecule has 0 aliphatic rings. The van der Waals surface area contributed by atoms with Crippen LogP contribution in [0, 0.1) is 27.4 Å². The molecule has 7 heteroatoms. The van der Waals surface area contributed by atoms with Gasteiger partial charge in [-0.3, -0.25) is 19.7 Å². The van der Waals surface area contributed by atoms with E-state index >= 15 is 0 Å². The van der Waals surface area contributed by atoms with Crippen LogP contribution in [-0.4, -0.2) is 23.3 Å². The van der Waals surface area contributed by atoms with E-state index in [2.05, 4.69) is 0 Å². The zero-order chi connectivity index (χ0) is 21.4. The molecule has 0 aliphatic heterocycles. The number of rotatable bonds is 9. The summed E-state index contributed by atoms with van der Waals surface area (Å²) in [6.45, 7) is 3.65. The fourth-order valence-corrected chi connectivity index (χ4v) is 3.13. The van der Waals surface area contributed by atoms with Crippen LogP contribution in [0.25, 0.3) is 11.1 Å². The van der Waals surface area contributed by atoms with E-state index < -0.39 is 16.8 Å². The lowest BCUT2D eigenvalue weighted by atomic mass is 9.91. The molecule has 0 aliphatic carbocycles. The van der Waals surface area contributed by atoms with Gasteiger partial charge in [-0.2, -0.15) is 5.26 Å². The molecule has 0 radical (unpaired) electrons. The molecule has 0 spiro atoms. The number of nitriles is 1. The quantitative estimate of drug-likeness (QED) is 0.272. The van der Waals surface area contributed by atoms with Crippen LogP contribution in [0.4, 0.5) is 5.69 Å². The van der Waals surface area contributed by atoms with Crippen LogP contribution in [0.1, 0.15) is 37.8 Å². The molecule has 2 aromatic rings. The van der Waals surface area contributed by atoms with Crippen LogP contribution in [0.5, 0.6) is 0 Å². The smallest absolute Gasteiger partial charge is 0.316 e. The molecular formula is C22H22N2O5. The van der Waals surface area contributed by atoms with Crippen molar-refractivity contribution in [2.75, 3.05) is 6.61 Å². The van der Waals surface area contributed by atoms with Gasteiger partial charge in [-0.15, -0.1) is 0 Å². The number of hydrogen-bond acceptors (Lipinski definition) is 6. The number of ether oxygens (including phenoxy) is 1. The molecule has 0 saturated carbocycles. The number of carbonyl (C=O) groups is 2. The first-order valence-electron chi connectivity index (χ1n) is 9.39. The fourth-order valence-electron chi connectivity index (χ4n) is 3.13. The summed E-state index contributed by atoms with van der Waals surface area (Å²) in [7, 11) is 0. The molecule has 0 amide bonds. The van der Waals surface area contributed by atoms with Crippen LogP contribution in [0.15, 0.2) is 42.5 Å². The molecule has 0 heterocycles. The Morgan fingerprint density at radius 2 is 1.90 bits per heavy atom. The molecule has 0 saturated heterocycles. The maximum absolute atomic E-state index is 12.4. The van der Waals surface area contributed by atoms with Crippen LogP contribution >= 0.6 is 0 Å². The Kier molecular flexibility index (Phi) is 7.61. The first kappa shape index (κ1) is 21.8. The van der Waals surface area contributed by atoms with Crippen LogP contribution in [0.2, 0.25) is 0 Å².